The van der Waals surface area contributed by atoms with Crippen molar-refractivity contribution >= 4 is 38.3 Å². The van der Waals surface area contributed by atoms with Gasteiger partial charge in [0.25, 0.3) is 15.9 Å². The highest BCUT2D eigenvalue weighted by Gasteiger charge is 2.19. The molecule has 37 heavy (non-hydrogen) atoms. The number of rotatable bonds is 8. The van der Waals surface area contributed by atoms with Crippen molar-refractivity contribution in [2.24, 2.45) is 0 Å². The Kier molecular flexibility index (Phi) is 6.36. The van der Waals surface area contributed by atoms with Gasteiger partial charge in [0.2, 0.25) is 0 Å². The van der Waals surface area contributed by atoms with E-state index in [1.165, 1.54) is 4.68 Å². The van der Waals surface area contributed by atoms with Gasteiger partial charge in [-0.15, -0.1) is 5.10 Å². The predicted molar refractivity (Wildman–Crippen MR) is 142 cm³/mol. The molecule has 0 fully saturated rings. The molecule has 2 aromatic heterocycles. The lowest BCUT2D eigenvalue weighted by molar-refractivity contribution is 0.0950. The van der Waals surface area contributed by atoms with Crippen LogP contribution in [0.5, 0.6) is 0 Å². The lowest BCUT2D eigenvalue weighted by atomic mass is 10.1. The number of aromatic amines is 1. The van der Waals surface area contributed by atoms with Crippen molar-refractivity contribution in [3.05, 3.63) is 95.8 Å². The maximum atomic E-state index is 12.7. The van der Waals surface area contributed by atoms with E-state index in [-0.39, 0.29) is 16.4 Å². The number of H-pyrrole nitrogens is 1. The molecular weight excluding hydrogens is 490 g/mol. The summed E-state index contributed by atoms with van der Waals surface area (Å²) in [6.07, 6.45) is 2.58. The second kappa shape index (κ2) is 9.78. The molecule has 11 heteroatoms. The second-order valence-electron chi connectivity index (χ2n) is 8.57. The second-order valence-corrected chi connectivity index (χ2v) is 10.2. The summed E-state index contributed by atoms with van der Waals surface area (Å²) in [7, 11) is -3.72. The molecule has 2 heterocycles. The predicted octanol–water partition coefficient (Wildman–Crippen LogP) is 3.41. The zero-order valence-electron chi connectivity index (χ0n) is 20.0. The third kappa shape index (κ3) is 5.02. The molecule has 5 N–H and O–H groups in total. The van der Waals surface area contributed by atoms with Gasteiger partial charge in [0.05, 0.1) is 10.6 Å². The van der Waals surface area contributed by atoms with Crippen molar-refractivity contribution < 1.29 is 13.2 Å². The van der Waals surface area contributed by atoms with Crippen LogP contribution in [0.4, 0.5) is 11.5 Å². The number of para-hydroxylation sites is 1. The molecule has 188 valence electrons. The van der Waals surface area contributed by atoms with Crippen LogP contribution in [0.3, 0.4) is 0 Å². The molecule has 3 aromatic carbocycles. The van der Waals surface area contributed by atoms with E-state index >= 15 is 0 Å². The molecule has 0 saturated carbocycles. The zero-order valence-corrected chi connectivity index (χ0v) is 20.8. The Bertz CT molecular complexity index is 1670. The van der Waals surface area contributed by atoms with Gasteiger partial charge in [-0.3, -0.25) is 9.52 Å². The van der Waals surface area contributed by atoms with Crippen molar-refractivity contribution in [2.75, 3.05) is 17.0 Å². The van der Waals surface area contributed by atoms with Crippen LogP contribution in [-0.4, -0.2) is 40.8 Å². The number of carbonyl (C=O) groups is 1. The van der Waals surface area contributed by atoms with Gasteiger partial charge in [-0.05, 0) is 61.4 Å². The van der Waals surface area contributed by atoms with Crippen LogP contribution in [0, 0.1) is 6.92 Å². The SMILES string of the molecule is Cc1ccc(S(=O)(=O)Nc2ccc(-n3nnc(C(=O)NCCc4c[nH]c5ccccc45)c3N)cc2)cc1. The number of anilines is 2. The number of nitrogens with two attached hydrogens (primary N) is 1. The minimum Gasteiger partial charge on any atom is -0.382 e. The summed E-state index contributed by atoms with van der Waals surface area (Å²) in [5.41, 5.74) is 10.2. The van der Waals surface area contributed by atoms with Crippen LogP contribution in [0.1, 0.15) is 21.6 Å². The van der Waals surface area contributed by atoms with E-state index in [1.807, 2.05) is 37.4 Å². The van der Waals surface area contributed by atoms with Gasteiger partial charge in [-0.25, -0.2) is 8.42 Å². The Labute approximate surface area is 213 Å². The van der Waals surface area contributed by atoms with E-state index in [9.17, 15) is 13.2 Å². The number of sulfonamides is 1. The normalized spacial score (nSPS) is 11.5. The quantitative estimate of drug-likeness (QED) is 0.249. The fourth-order valence-electron chi connectivity index (χ4n) is 3.98. The van der Waals surface area contributed by atoms with E-state index in [2.05, 4.69) is 25.3 Å². The summed E-state index contributed by atoms with van der Waals surface area (Å²) in [6, 6.07) is 21.0. The summed E-state index contributed by atoms with van der Waals surface area (Å²) >= 11 is 0. The number of carbonyl (C=O) groups excluding carboxylic acids is 1. The number of aromatic nitrogens is 4. The average Bonchev–Trinajstić information content (AvgIpc) is 3.48. The Balaban J connectivity index is 1.23. The molecule has 0 atom stereocenters. The number of nitrogens with one attached hydrogen (secondary N) is 3. The molecule has 0 unspecified atom stereocenters. The van der Waals surface area contributed by atoms with E-state index in [0.29, 0.717) is 24.3 Å². The fraction of sp³-hybridized carbons (Fsp3) is 0.115. The minimum atomic E-state index is -3.72. The number of amides is 1. The Morgan fingerprint density at radius 1 is 1.03 bits per heavy atom. The molecule has 5 aromatic rings. The van der Waals surface area contributed by atoms with Gasteiger partial charge in [0.1, 0.15) is 0 Å². The number of aryl methyl sites for hydroxylation is 1. The van der Waals surface area contributed by atoms with Gasteiger partial charge >= 0.3 is 0 Å². The smallest absolute Gasteiger partial charge is 0.275 e. The largest absolute Gasteiger partial charge is 0.382 e. The van der Waals surface area contributed by atoms with Crippen LogP contribution in [0.2, 0.25) is 0 Å². The maximum absolute atomic E-state index is 12.7. The van der Waals surface area contributed by atoms with Crippen LogP contribution in [0.15, 0.2) is 83.9 Å². The molecule has 0 spiro atoms. The van der Waals surface area contributed by atoms with Gasteiger partial charge in [-0.1, -0.05) is 41.1 Å². The number of hydrogen-bond acceptors (Lipinski definition) is 6. The first kappa shape index (κ1) is 24.1. The highest BCUT2D eigenvalue weighted by atomic mass is 32.2. The fourth-order valence-corrected chi connectivity index (χ4v) is 5.04. The van der Waals surface area contributed by atoms with Crippen molar-refractivity contribution in [2.45, 2.75) is 18.2 Å². The summed E-state index contributed by atoms with van der Waals surface area (Å²) in [4.78, 5) is 16.1. The number of nitrogens with zero attached hydrogens (tertiary/aromatic N) is 3. The molecule has 0 bridgehead atoms. The lowest BCUT2D eigenvalue weighted by Crippen LogP contribution is -2.27. The Morgan fingerprint density at radius 3 is 2.51 bits per heavy atom. The average molecular weight is 516 g/mol. The lowest BCUT2D eigenvalue weighted by Gasteiger charge is -2.09. The van der Waals surface area contributed by atoms with Gasteiger partial charge < -0.3 is 16.0 Å². The van der Waals surface area contributed by atoms with E-state index in [0.717, 1.165) is 22.0 Å². The molecular formula is C26H25N7O3S. The number of benzene rings is 3. The van der Waals surface area contributed by atoms with Gasteiger partial charge in [-0.2, -0.15) is 4.68 Å². The molecule has 0 radical (unpaired) electrons. The molecule has 0 aliphatic heterocycles. The maximum Gasteiger partial charge on any atom is 0.275 e. The van der Waals surface area contributed by atoms with Crippen LogP contribution >= 0.6 is 0 Å². The van der Waals surface area contributed by atoms with E-state index < -0.39 is 15.9 Å². The standard InChI is InChI=1S/C26H25N7O3S/c1-17-6-12-21(13-7-17)37(35,36)31-19-8-10-20(11-9-19)33-25(27)24(30-32-33)26(34)28-15-14-18-16-29-23-5-3-2-4-22(18)23/h2-13,16,29,31H,14-15,27H2,1H3,(H,28,34). The highest BCUT2D eigenvalue weighted by Crippen LogP contribution is 2.21. The van der Waals surface area contributed by atoms with Crippen molar-refractivity contribution in [1.82, 2.24) is 25.3 Å². The van der Waals surface area contributed by atoms with Crippen molar-refractivity contribution in [3.8, 4) is 5.69 Å². The minimum absolute atomic E-state index is 0.0167. The number of fused-ring (bicyclic) bond motifs is 1. The van der Waals surface area contributed by atoms with Crippen molar-refractivity contribution in [3.63, 3.8) is 0 Å². The zero-order chi connectivity index (χ0) is 26.0. The van der Waals surface area contributed by atoms with Gasteiger partial charge in [0, 0.05) is 29.3 Å². The molecule has 1 amide bonds. The summed E-state index contributed by atoms with van der Waals surface area (Å²) in [5.74, 6) is -0.344. The molecule has 0 aliphatic rings. The topological polar surface area (TPSA) is 148 Å². The third-order valence-corrected chi connectivity index (χ3v) is 7.37. The number of hydrogen-bond donors (Lipinski definition) is 4. The molecule has 10 nitrogen and oxygen atoms in total. The Morgan fingerprint density at radius 2 is 1.76 bits per heavy atom. The van der Waals surface area contributed by atoms with Crippen LogP contribution < -0.4 is 15.8 Å². The van der Waals surface area contributed by atoms with Crippen molar-refractivity contribution in [1.29, 1.82) is 0 Å². The first-order valence-electron chi connectivity index (χ1n) is 11.6. The van der Waals surface area contributed by atoms with E-state index in [4.69, 9.17) is 5.73 Å². The van der Waals surface area contributed by atoms with Crippen LogP contribution in [0.25, 0.3) is 16.6 Å². The first-order chi connectivity index (χ1) is 17.8. The molecule has 0 saturated heterocycles. The highest BCUT2D eigenvalue weighted by molar-refractivity contribution is 7.92. The summed E-state index contributed by atoms with van der Waals surface area (Å²) < 4.78 is 29.1. The van der Waals surface area contributed by atoms with Gasteiger partial charge in [0.15, 0.2) is 11.5 Å². The molecule has 0 aliphatic carbocycles. The summed E-state index contributed by atoms with van der Waals surface area (Å²) in [5, 5.41) is 11.9. The number of nitrogen functional groups attached to an aromatic ring is 1. The summed E-state index contributed by atoms with van der Waals surface area (Å²) in [6.45, 7) is 2.29. The molecule has 5 rings (SSSR count). The first-order valence-corrected chi connectivity index (χ1v) is 13.0. The van der Waals surface area contributed by atoms with E-state index in [1.54, 1.807) is 48.5 Å². The monoisotopic (exact) mass is 515 g/mol. The van der Waals surface area contributed by atoms with Crippen LogP contribution in [-0.2, 0) is 16.4 Å². The third-order valence-electron chi connectivity index (χ3n) is 5.97. The Hall–Kier alpha value is -4.64.